The molecule has 1 fully saturated rings. The predicted octanol–water partition coefficient (Wildman–Crippen LogP) is 3.51. The second-order valence-corrected chi connectivity index (χ2v) is 4.65. The van der Waals surface area contributed by atoms with Crippen LogP contribution < -0.4 is 4.90 Å². The summed E-state index contributed by atoms with van der Waals surface area (Å²) in [6.07, 6.45) is -1.03. The van der Waals surface area contributed by atoms with E-state index in [0.29, 0.717) is 11.1 Å². The average Bonchev–Trinajstić information content (AvgIpc) is 3.08. The third kappa shape index (κ3) is 3.34. The number of halogens is 4. The van der Waals surface area contributed by atoms with Crippen LogP contribution in [-0.2, 0) is 5.33 Å². The van der Waals surface area contributed by atoms with Gasteiger partial charge in [-0.25, -0.2) is 4.98 Å². The summed E-state index contributed by atoms with van der Waals surface area (Å²) in [7, 11) is 0. The zero-order valence-corrected chi connectivity index (χ0v) is 10.6. The van der Waals surface area contributed by atoms with Crippen LogP contribution in [0.3, 0.4) is 0 Å². The summed E-state index contributed by atoms with van der Waals surface area (Å²) in [6.45, 7) is -0.922. The normalized spacial score (nSPS) is 16.0. The Morgan fingerprint density at radius 2 is 2.12 bits per heavy atom. The van der Waals surface area contributed by atoms with Crippen molar-refractivity contribution in [1.29, 1.82) is 0 Å². The first-order chi connectivity index (χ1) is 8.01. The molecule has 0 unspecified atom stereocenters. The molecule has 2 nitrogen and oxygen atoms in total. The molecule has 17 heavy (non-hydrogen) atoms. The van der Waals surface area contributed by atoms with Crippen molar-refractivity contribution < 1.29 is 13.2 Å². The van der Waals surface area contributed by atoms with E-state index in [9.17, 15) is 13.2 Å². The topological polar surface area (TPSA) is 16.1 Å². The number of rotatable bonds is 4. The molecule has 0 amide bonds. The first kappa shape index (κ1) is 12.7. The Kier molecular flexibility index (Phi) is 3.61. The number of hydrogen-bond donors (Lipinski definition) is 0. The lowest BCUT2D eigenvalue weighted by molar-refractivity contribution is -0.120. The highest BCUT2D eigenvalue weighted by Gasteiger charge is 2.39. The van der Waals surface area contributed by atoms with E-state index in [1.54, 1.807) is 12.1 Å². The van der Waals surface area contributed by atoms with Gasteiger partial charge in [0.25, 0.3) is 0 Å². The second-order valence-electron chi connectivity index (χ2n) is 4.09. The van der Waals surface area contributed by atoms with Crippen molar-refractivity contribution in [3.8, 4) is 0 Å². The average molecular weight is 309 g/mol. The highest BCUT2D eigenvalue weighted by molar-refractivity contribution is 9.08. The van der Waals surface area contributed by atoms with Crippen LogP contribution in [0.1, 0.15) is 18.4 Å². The van der Waals surface area contributed by atoms with Crippen LogP contribution in [-0.4, -0.2) is 23.7 Å². The van der Waals surface area contributed by atoms with Crippen molar-refractivity contribution in [2.24, 2.45) is 0 Å². The van der Waals surface area contributed by atoms with E-state index >= 15 is 0 Å². The van der Waals surface area contributed by atoms with E-state index in [1.165, 1.54) is 11.1 Å². The maximum Gasteiger partial charge on any atom is 0.405 e. The number of alkyl halides is 4. The molecule has 0 atom stereocenters. The summed E-state index contributed by atoms with van der Waals surface area (Å²) in [6, 6.07) is 3.52. The molecule has 1 aliphatic rings. The summed E-state index contributed by atoms with van der Waals surface area (Å²) < 4.78 is 37.6. The van der Waals surface area contributed by atoms with Crippen molar-refractivity contribution in [1.82, 2.24) is 4.98 Å². The van der Waals surface area contributed by atoms with Crippen LogP contribution in [0.15, 0.2) is 18.3 Å². The van der Waals surface area contributed by atoms with Crippen molar-refractivity contribution in [3.63, 3.8) is 0 Å². The molecule has 0 saturated heterocycles. The summed E-state index contributed by atoms with van der Waals surface area (Å²) in [5.74, 6) is 0.448. The molecule has 6 heteroatoms. The fraction of sp³-hybridized carbons (Fsp3) is 0.545. The van der Waals surface area contributed by atoms with Crippen LogP contribution >= 0.6 is 15.9 Å². The highest BCUT2D eigenvalue weighted by atomic mass is 79.9. The van der Waals surface area contributed by atoms with Gasteiger partial charge in [-0.3, -0.25) is 0 Å². The molecule has 1 saturated carbocycles. The largest absolute Gasteiger partial charge is 0.405 e. The molecule has 94 valence electrons. The standard InChI is InChI=1S/C11H12BrF3N2/c12-6-8-2-1-5-16-10(8)17(9-3-4-9)7-11(13,14)15/h1-2,5,9H,3-4,6-7H2. The minimum absolute atomic E-state index is 0.00988. The summed E-state index contributed by atoms with van der Waals surface area (Å²) in [5.41, 5.74) is 0.795. The lowest BCUT2D eigenvalue weighted by Crippen LogP contribution is -2.37. The van der Waals surface area contributed by atoms with E-state index in [1.807, 2.05) is 0 Å². The SMILES string of the molecule is FC(F)(F)CN(c1ncccc1CBr)C1CC1. The van der Waals surface area contributed by atoms with Gasteiger partial charge in [0.1, 0.15) is 12.4 Å². The molecule has 0 bridgehead atoms. The lowest BCUT2D eigenvalue weighted by atomic mass is 10.2. The fourth-order valence-electron chi connectivity index (χ4n) is 1.75. The molecule has 1 aliphatic carbocycles. The van der Waals surface area contributed by atoms with Crippen molar-refractivity contribution in [3.05, 3.63) is 23.9 Å². The van der Waals surface area contributed by atoms with Gasteiger partial charge in [-0.1, -0.05) is 22.0 Å². The van der Waals surface area contributed by atoms with Crippen molar-refractivity contribution in [2.45, 2.75) is 30.4 Å². The number of aromatic nitrogens is 1. The number of anilines is 1. The van der Waals surface area contributed by atoms with E-state index in [0.717, 1.165) is 18.4 Å². The minimum Gasteiger partial charge on any atom is -0.344 e. The minimum atomic E-state index is -4.19. The molecule has 1 heterocycles. The van der Waals surface area contributed by atoms with E-state index in [4.69, 9.17) is 0 Å². The smallest absolute Gasteiger partial charge is 0.344 e. The maximum absolute atomic E-state index is 12.5. The third-order valence-electron chi connectivity index (χ3n) is 2.62. The highest BCUT2D eigenvalue weighted by Crippen LogP contribution is 2.35. The second kappa shape index (κ2) is 4.84. The summed E-state index contributed by atoms with van der Waals surface area (Å²) in [5, 5.41) is 0.511. The number of nitrogens with zero attached hydrogens (tertiary/aromatic N) is 2. The van der Waals surface area contributed by atoms with Gasteiger partial charge in [0, 0.05) is 23.1 Å². The maximum atomic E-state index is 12.5. The van der Waals surface area contributed by atoms with Crippen molar-refractivity contribution >= 4 is 21.7 Å². The van der Waals surface area contributed by atoms with Crippen LogP contribution in [0.4, 0.5) is 19.0 Å². The number of pyridine rings is 1. The molecule has 1 aromatic heterocycles. The quantitative estimate of drug-likeness (QED) is 0.791. The zero-order chi connectivity index (χ0) is 12.5. The van der Waals surface area contributed by atoms with Crippen molar-refractivity contribution in [2.75, 3.05) is 11.4 Å². The van der Waals surface area contributed by atoms with Crippen LogP contribution in [0.5, 0.6) is 0 Å². The monoisotopic (exact) mass is 308 g/mol. The third-order valence-corrected chi connectivity index (χ3v) is 3.22. The molecule has 0 aromatic carbocycles. The van der Waals surface area contributed by atoms with Crippen LogP contribution in [0.25, 0.3) is 0 Å². The molecule has 1 aromatic rings. The van der Waals surface area contributed by atoms with E-state index < -0.39 is 12.7 Å². The van der Waals surface area contributed by atoms with E-state index in [2.05, 4.69) is 20.9 Å². The lowest BCUT2D eigenvalue weighted by Gasteiger charge is -2.26. The Hall–Kier alpha value is -0.780. The molecule has 2 rings (SSSR count). The van der Waals surface area contributed by atoms with Crippen LogP contribution in [0.2, 0.25) is 0 Å². The van der Waals surface area contributed by atoms with Gasteiger partial charge in [0.15, 0.2) is 0 Å². The Labute approximate surface area is 106 Å². The molecular weight excluding hydrogens is 297 g/mol. The Bertz CT molecular complexity index is 391. The Morgan fingerprint density at radius 1 is 1.41 bits per heavy atom. The molecular formula is C11H12BrF3N2. The molecule has 0 aliphatic heterocycles. The van der Waals surface area contributed by atoms with Gasteiger partial charge in [-0.05, 0) is 18.9 Å². The Balaban J connectivity index is 2.26. The van der Waals surface area contributed by atoms with Gasteiger partial charge >= 0.3 is 6.18 Å². The van der Waals surface area contributed by atoms with Gasteiger partial charge in [-0.2, -0.15) is 13.2 Å². The number of hydrogen-bond acceptors (Lipinski definition) is 2. The molecule has 0 N–H and O–H groups in total. The van der Waals surface area contributed by atoms with E-state index in [-0.39, 0.29) is 6.04 Å². The molecule has 0 spiro atoms. The fourth-order valence-corrected chi connectivity index (χ4v) is 2.19. The first-order valence-electron chi connectivity index (χ1n) is 5.34. The van der Waals surface area contributed by atoms with Gasteiger partial charge in [0.05, 0.1) is 0 Å². The summed E-state index contributed by atoms with van der Waals surface area (Å²) >= 11 is 3.28. The Morgan fingerprint density at radius 3 is 2.65 bits per heavy atom. The summed E-state index contributed by atoms with van der Waals surface area (Å²) in [4.78, 5) is 5.46. The van der Waals surface area contributed by atoms with Gasteiger partial charge in [0.2, 0.25) is 0 Å². The predicted molar refractivity (Wildman–Crippen MR) is 63.3 cm³/mol. The molecule has 0 radical (unpaired) electrons. The van der Waals surface area contributed by atoms with Crippen LogP contribution in [0, 0.1) is 0 Å². The zero-order valence-electron chi connectivity index (χ0n) is 9.04. The first-order valence-corrected chi connectivity index (χ1v) is 6.46. The van der Waals surface area contributed by atoms with Gasteiger partial charge in [-0.15, -0.1) is 0 Å². The van der Waals surface area contributed by atoms with Gasteiger partial charge < -0.3 is 4.90 Å².